The number of aromatic nitrogens is 2. The van der Waals surface area contributed by atoms with E-state index in [-0.39, 0.29) is 4.90 Å². The van der Waals surface area contributed by atoms with Gasteiger partial charge in [0, 0.05) is 22.3 Å². The number of sulfonamides is 1. The van der Waals surface area contributed by atoms with E-state index in [9.17, 15) is 13.2 Å². The Bertz CT molecular complexity index is 952. The molecule has 1 aromatic carbocycles. The molecule has 8 heteroatoms. The van der Waals surface area contributed by atoms with Crippen LogP contribution in [0.5, 0.6) is 0 Å². The van der Waals surface area contributed by atoms with Crippen molar-refractivity contribution in [3.63, 3.8) is 0 Å². The quantitative estimate of drug-likeness (QED) is 0.741. The number of hydrogen-bond donors (Lipinski definition) is 1. The minimum Gasteiger partial charge on any atom is -0.252 e. The molecule has 0 aliphatic rings. The first-order valence-corrected chi connectivity index (χ1v) is 8.50. The van der Waals surface area contributed by atoms with Gasteiger partial charge in [-0.25, -0.2) is 22.9 Å². The summed E-state index contributed by atoms with van der Waals surface area (Å²) in [6, 6.07) is 10.4. The van der Waals surface area contributed by atoms with Crippen LogP contribution >= 0.6 is 15.9 Å². The van der Waals surface area contributed by atoms with Crippen molar-refractivity contribution < 1.29 is 13.2 Å². The van der Waals surface area contributed by atoms with Gasteiger partial charge in [0.05, 0.1) is 4.90 Å². The Hall–Kier alpha value is -2.19. The zero-order valence-electron chi connectivity index (χ0n) is 11.1. The molecule has 0 atom stereocenters. The second kappa shape index (κ2) is 5.54. The number of carbonyl (C=O) groups excluding carboxylic acids is 1. The highest BCUT2D eigenvalue weighted by Crippen LogP contribution is 2.18. The minimum absolute atomic E-state index is 0.0236. The molecule has 112 valence electrons. The number of amides is 1. The first-order valence-electron chi connectivity index (χ1n) is 6.22. The number of carbonyl (C=O) groups is 1. The average Bonchev–Trinajstić information content (AvgIpc) is 2.90. The number of benzene rings is 1. The van der Waals surface area contributed by atoms with Crippen molar-refractivity contribution in [1.29, 1.82) is 0 Å². The van der Waals surface area contributed by atoms with Crippen LogP contribution < -0.4 is 4.72 Å². The third-order valence-electron chi connectivity index (χ3n) is 2.99. The molecule has 0 spiro atoms. The molecule has 0 bridgehead atoms. The number of nitrogens with one attached hydrogen (secondary N) is 1. The largest absolute Gasteiger partial charge is 0.341 e. The van der Waals surface area contributed by atoms with Gasteiger partial charge >= 0.3 is 6.03 Å². The summed E-state index contributed by atoms with van der Waals surface area (Å²) in [4.78, 5) is 16.4. The second-order valence-electron chi connectivity index (χ2n) is 4.48. The smallest absolute Gasteiger partial charge is 0.252 e. The highest BCUT2D eigenvalue weighted by Gasteiger charge is 2.19. The molecular weight excluding hydrogens is 370 g/mol. The molecule has 0 saturated carbocycles. The fourth-order valence-electron chi connectivity index (χ4n) is 1.98. The Balaban J connectivity index is 1.94. The molecule has 1 amide bonds. The molecule has 0 saturated heterocycles. The maximum absolute atomic E-state index is 12.2. The van der Waals surface area contributed by atoms with Crippen LogP contribution in [0.2, 0.25) is 0 Å². The van der Waals surface area contributed by atoms with Gasteiger partial charge in [-0.05, 0) is 40.2 Å². The number of pyridine rings is 1. The van der Waals surface area contributed by atoms with Gasteiger partial charge in [0.1, 0.15) is 5.65 Å². The van der Waals surface area contributed by atoms with Crippen LogP contribution in [0.4, 0.5) is 4.79 Å². The molecule has 0 radical (unpaired) electrons. The molecule has 22 heavy (non-hydrogen) atoms. The van der Waals surface area contributed by atoms with Crippen molar-refractivity contribution in [2.24, 2.45) is 0 Å². The number of hydrogen-bond acceptors (Lipinski definition) is 4. The summed E-state index contributed by atoms with van der Waals surface area (Å²) in [5, 5.41) is 0.724. The van der Waals surface area contributed by atoms with Crippen molar-refractivity contribution in [2.45, 2.75) is 4.90 Å². The molecule has 1 N–H and O–H groups in total. The van der Waals surface area contributed by atoms with Crippen LogP contribution in [-0.2, 0) is 10.0 Å². The van der Waals surface area contributed by atoms with Crippen LogP contribution in [0.1, 0.15) is 0 Å². The predicted octanol–water partition coefficient (Wildman–Crippen LogP) is 2.75. The molecule has 0 aliphatic carbocycles. The predicted molar refractivity (Wildman–Crippen MR) is 85.0 cm³/mol. The fraction of sp³-hybridized carbons (Fsp3) is 0. The summed E-state index contributed by atoms with van der Waals surface area (Å²) >= 11 is 3.29. The Morgan fingerprint density at radius 1 is 1.18 bits per heavy atom. The van der Waals surface area contributed by atoms with Gasteiger partial charge in [-0.15, -0.1) is 0 Å². The standard InChI is InChI=1S/C14H10BrN3O3S/c15-11-8-10-6-7-18(13(10)16-9-11)14(19)17-22(20,21)12-4-2-1-3-5-12/h1-9H,(H,17,19). The molecule has 3 rings (SSSR count). The molecule has 0 fully saturated rings. The molecule has 2 aromatic heterocycles. The van der Waals surface area contributed by atoms with E-state index in [1.54, 1.807) is 30.3 Å². The molecule has 3 aromatic rings. The molecular formula is C14H10BrN3O3S. The Morgan fingerprint density at radius 2 is 1.91 bits per heavy atom. The summed E-state index contributed by atoms with van der Waals surface area (Å²) in [6.45, 7) is 0. The zero-order chi connectivity index (χ0) is 15.7. The van der Waals surface area contributed by atoms with Crippen molar-refractivity contribution in [2.75, 3.05) is 0 Å². The minimum atomic E-state index is -3.92. The van der Waals surface area contributed by atoms with E-state index in [1.165, 1.54) is 24.5 Å². The molecule has 2 heterocycles. The average molecular weight is 380 g/mol. The van der Waals surface area contributed by atoms with Crippen molar-refractivity contribution in [3.05, 3.63) is 59.3 Å². The summed E-state index contributed by atoms with van der Waals surface area (Å²) in [6.07, 6.45) is 3.01. The molecule has 0 aliphatic heterocycles. The Morgan fingerprint density at radius 3 is 2.64 bits per heavy atom. The van der Waals surface area contributed by atoms with Crippen molar-refractivity contribution >= 4 is 43.0 Å². The van der Waals surface area contributed by atoms with Crippen LogP contribution in [0.25, 0.3) is 11.0 Å². The van der Waals surface area contributed by atoms with Crippen molar-refractivity contribution in [3.8, 4) is 0 Å². The third kappa shape index (κ3) is 2.75. The van der Waals surface area contributed by atoms with E-state index in [1.807, 2.05) is 4.72 Å². The summed E-state index contributed by atoms with van der Waals surface area (Å²) < 4.78 is 28.3. The lowest BCUT2D eigenvalue weighted by atomic mass is 10.3. The van der Waals surface area contributed by atoms with Gasteiger partial charge in [0.2, 0.25) is 0 Å². The van der Waals surface area contributed by atoms with E-state index in [2.05, 4.69) is 20.9 Å². The van der Waals surface area contributed by atoms with Gasteiger partial charge < -0.3 is 0 Å². The first-order chi connectivity index (χ1) is 10.5. The van der Waals surface area contributed by atoms with Crippen LogP contribution in [0.3, 0.4) is 0 Å². The Labute approximate surface area is 135 Å². The lowest BCUT2D eigenvalue weighted by Gasteiger charge is -2.08. The monoisotopic (exact) mass is 379 g/mol. The van der Waals surface area contributed by atoms with E-state index in [0.717, 1.165) is 14.4 Å². The summed E-state index contributed by atoms with van der Waals surface area (Å²) in [5.74, 6) is 0. The van der Waals surface area contributed by atoms with E-state index in [4.69, 9.17) is 0 Å². The lowest BCUT2D eigenvalue weighted by molar-refractivity contribution is 0.248. The van der Waals surface area contributed by atoms with Gasteiger partial charge in [0.25, 0.3) is 10.0 Å². The maximum Gasteiger partial charge on any atom is 0.341 e. The Kier molecular flexibility index (Phi) is 3.71. The summed E-state index contributed by atoms with van der Waals surface area (Å²) in [7, 11) is -3.92. The molecule has 0 unspecified atom stereocenters. The number of nitrogens with zero attached hydrogens (tertiary/aromatic N) is 2. The highest BCUT2D eigenvalue weighted by atomic mass is 79.9. The van der Waals surface area contributed by atoms with E-state index >= 15 is 0 Å². The topological polar surface area (TPSA) is 81.1 Å². The van der Waals surface area contributed by atoms with Crippen LogP contribution in [0, 0.1) is 0 Å². The number of fused-ring (bicyclic) bond motifs is 1. The van der Waals surface area contributed by atoms with Gasteiger partial charge in [0.15, 0.2) is 0 Å². The fourth-order valence-corrected chi connectivity index (χ4v) is 3.29. The second-order valence-corrected chi connectivity index (χ2v) is 7.07. The lowest BCUT2D eigenvalue weighted by Crippen LogP contribution is -2.33. The van der Waals surface area contributed by atoms with Crippen LogP contribution in [-0.4, -0.2) is 24.0 Å². The number of halogens is 1. The number of rotatable bonds is 2. The first kappa shape index (κ1) is 14.7. The van der Waals surface area contributed by atoms with Crippen molar-refractivity contribution in [1.82, 2.24) is 14.3 Å². The zero-order valence-corrected chi connectivity index (χ0v) is 13.5. The SMILES string of the molecule is O=C(NS(=O)(=O)c1ccccc1)n1ccc2cc(Br)cnc21. The third-order valence-corrected chi connectivity index (χ3v) is 4.76. The normalized spacial score (nSPS) is 11.5. The van der Waals surface area contributed by atoms with Gasteiger partial charge in [-0.3, -0.25) is 4.57 Å². The van der Waals surface area contributed by atoms with Crippen LogP contribution in [0.15, 0.2) is 64.2 Å². The van der Waals surface area contributed by atoms with E-state index < -0.39 is 16.1 Å². The highest BCUT2D eigenvalue weighted by molar-refractivity contribution is 9.10. The maximum atomic E-state index is 12.2. The van der Waals surface area contributed by atoms with E-state index in [0.29, 0.717) is 5.65 Å². The van der Waals surface area contributed by atoms with Gasteiger partial charge in [-0.1, -0.05) is 18.2 Å². The van der Waals surface area contributed by atoms with Gasteiger partial charge in [-0.2, -0.15) is 0 Å². The summed E-state index contributed by atoms with van der Waals surface area (Å²) in [5.41, 5.74) is 0.379. The molecule has 6 nitrogen and oxygen atoms in total.